The van der Waals surface area contributed by atoms with E-state index in [1.165, 1.54) is 39.6 Å². The molecule has 2 heteroatoms. The summed E-state index contributed by atoms with van der Waals surface area (Å²) in [4.78, 5) is 0. The molecule has 0 spiro atoms. The first-order valence-corrected chi connectivity index (χ1v) is 9.70. The predicted octanol–water partition coefficient (Wildman–Crippen LogP) is 6.51. The molecule has 1 fully saturated rings. The van der Waals surface area contributed by atoms with Gasteiger partial charge in [0.05, 0.1) is 0 Å². The van der Waals surface area contributed by atoms with Gasteiger partial charge in [0.15, 0.2) is 6.71 Å². The minimum atomic E-state index is 0.384. The predicted molar refractivity (Wildman–Crippen MR) is 114 cm³/mol. The summed E-state index contributed by atoms with van der Waals surface area (Å²) in [5, 5.41) is 4.92. The lowest BCUT2D eigenvalue weighted by molar-refractivity contribution is 0.177. The molecule has 5 rings (SSSR count). The summed E-state index contributed by atoms with van der Waals surface area (Å²) in [6.45, 7) is 10.3. The third kappa shape index (κ3) is 2.17. The van der Waals surface area contributed by atoms with Gasteiger partial charge >= 0.3 is 0 Å². The first kappa shape index (κ1) is 16.0. The van der Waals surface area contributed by atoms with Gasteiger partial charge in [-0.2, -0.15) is 0 Å². The van der Waals surface area contributed by atoms with Gasteiger partial charge in [-0.15, -0.1) is 0 Å². The quantitative estimate of drug-likeness (QED) is 0.360. The fourth-order valence-electron chi connectivity index (χ4n) is 4.88. The van der Waals surface area contributed by atoms with Crippen LogP contribution in [0.15, 0.2) is 59.0 Å². The van der Waals surface area contributed by atoms with Crippen LogP contribution in [-0.2, 0) is 0 Å². The highest BCUT2D eigenvalue weighted by Crippen LogP contribution is 2.52. The SMILES string of the molecule is CC1(C)CB(c2ccc3c(ccc4c5ccccc5oc34)c2)CC1(C)C. The van der Waals surface area contributed by atoms with Crippen LogP contribution >= 0.6 is 0 Å². The lowest BCUT2D eigenvalue weighted by atomic mass is 9.42. The van der Waals surface area contributed by atoms with E-state index in [2.05, 4.69) is 76.2 Å². The molecule has 1 saturated heterocycles. The molecule has 1 aliphatic heterocycles. The summed E-state index contributed by atoms with van der Waals surface area (Å²) in [7, 11) is 0. The van der Waals surface area contributed by atoms with E-state index in [9.17, 15) is 0 Å². The smallest absolute Gasteiger partial charge is 0.176 e. The number of hydrogen-bond acceptors (Lipinski definition) is 1. The maximum absolute atomic E-state index is 6.20. The minimum Gasteiger partial charge on any atom is -0.455 e. The van der Waals surface area contributed by atoms with Crippen molar-refractivity contribution in [3.63, 3.8) is 0 Å². The van der Waals surface area contributed by atoms with Crippen molar-refractivity contribution in [2.45, 2.75) is 40.3 Å². The van der Waals surface area contributed by atoms with E-state index in [-0.39, 0.29) is 0 Å². The monoisotopic (exact) mass is 340 g/mol. The van der Waals surface area contributed by atoms with E-state index in [0.29, 0.717) is 17.5 Å². The molecule has 0 bridgehead atoms. The van der Waals surface area contributed by atoms with Crippen molar-refractivity contribution in [2.75, 3.05) is 0 Å². The third-order valence-electron chi connectivity index (χ3n) is 7.20. The number of hydrogen-bond donors (Lipinski definition) is 0. The first-order valence-electron chi connectivity index (χ1n) is 9.70. The second-order valence-electron chi connectivity index (χ2n) is 9.39. The zero-order valence-corrected chi connectivity index (χ0v) is 16.1. The Morgan fingerprint density at radius 2 is 1.46 bits per heavy atom. The second kappa shape index (κ2) is 5.16. The average molecular weight is 340 g/mol. The summed E-state index contributed by atoms with van der Waals surface area (Å²) >= 11 is 0. The van der Waals surface area contributed by atoms with Crippen molar-refractivity contribution in [3.05, 3.63) is 54.6 Å². The van der Waals surface area contributed by atoms with Crippen molar-refractivity contribution >= 4 is 44.9 Å². The molecule has 0 aliphatic carbocycles. The number of rotatable bonds is 1. The van der Waals surface area contributed by atoms with Gasteiger partial charge in [-0.05, 0) is 28.3 Å². The number of benzene rings is 3. The van der Waals surface area contributed by atoms with Crippen LogP contribution in [0.4, 0.5) is 0 Å². The highest BCUT2D eigenvalue weighted by molar-refractivity contribution is 6.74. The molecule has 0 N–H and O–H groups in total. The molecule has 2 heterocycles. The normalized spacial score (nSPS) is 19.0. The summed E-state index contributed by atoms with van der Waals surface area (Å²) in [5.41, 5.74) is 4.23. The van der Waals surface area contributed by atoms with Crippen LogP contribution in [0.5, 0.6) is 0 Å². The highest BCUT2D eigenvalue weighted by atomic mass is 16.3. The molecule has 0 unspecified atom stereocenters. The van der Waals surface area contributed by atoms with E-state index in [1.54, 1.807) is 0 Å². The fourth-order valence-corrected chi connectivity index (χ4v) is 4.88. The first-order chi connectivity index (χ1) is 12.4. The Hall–Kier alpha value is -2.22. The van der Waals surface area contributed by atoms with E-state index < -0.39 is 0 Å². The molecule has 0 amide bonds. The van der Waals surface area contributed by atoms with Gasteiger partial charge < -0.3 is 4.42 Å². The molecule has 1 aliphatic rings. The molecular weight excluding hydrogens is 315 g/mol. The van der Waals surface area contributed by atoms with Gasteiger partial charge in [0.1, 0.15) is 11.2 Å². The maximum Gasteiger partial charge on any atom is 0.176 e. The Labute approximate surface area is 155 Å². The van der Waals surface area contributed by atoms with Crippen LogP contribution in [0.25, 0.3) is 32.7 Å². The van der Waals surface area contributed by atoms with E-state index in [0.717, 1.165) is 11.2 Å². The lowest BCUT2D eigenvalue weighted by Crippen LogP contribution is -2.27. The molecule has 0 saturated carbocycles. The Bertz CT molecular complexity index is 1130. The summed E-state index contributed by atoms with van der Waals surface area (Å²) in [6.07, 6.45) is 2.52. The summed E-state index contributed by atoms with van der Waals surface area (Å²) < 4.78 is 6.20. The van der Waals surface area contributed by atoms with E-state index in [4.69, 9.17) is 4.42 Å². The zero-order chi connectivity index (χ0) is 18.1. The lowest BCUT2D eigenvalue weighted by Gasteiger charge is -2.35. The standard InChI is InChI=1S/C24H25BO/c1-23(2)14-25(15-24(23,3)4)17-10-12-18-16(13-17)9-11-20-19-7-5-6-8-21(19)26-22(18)20/h5-13H,14-15H2,1-4H3. The van der Waals surface area contributed by atoms with Gasteiger partial charge in [0.25, 0.3) is 0 Å². The Kier molecular flexibility index (Phi) is 3.17. The Morgan fingerprint density at radius 3 is 2.23 bits per heavy atom. The molecular formula is C24H25BO. The molecule has 130 valence electrons. The van der Waals surface area contributed by atoms with Gasteiger partial charge in [0, 0.05) is 16.2 Å². The zero-order valence-electron chi connectivity index (χ0n) is 16.1. The second-order valence-corrected chi connectivity index (χ2v) is 9.39. The Balaban J connectivity index is 1.65. The van der Waals surface area contributed by atoms with E-state index >= 15 is 0 Å². The van der Waals surface area contributed by atoms with Gasteiger partial charge in [0.2, 0.25) is 0 Å². The molecule has 0 atom stereocenters. The summed E-state index contributed by atoms with van der Waals surface area (Å²) in [6, 6.07) is 19.8. The van der Waals surface area contributed by atoms with Gasteiger partial charge in [-0.25, -0.2) is 0 Å². The largest absolute Gasteiger partial charge is 0.455 e. The maximum atomic E-state index is 6.20. The molecule has 1 nitrogen and oxygen atoms in total. The van der Waals surface area contributed by atoms with Gasteiger partial charge in [-0.1, -0.05) is 88.3 Å². The minimum absolute atomic E-state index is 0.384. The van der Waals surface area contributed by atoms with Gasteiger partial charge in [-0.3, -0.25) is 0 Å². The third-order valence-corrected chi connectivity index (χ3v) is 7.20. The van der Waals surface area contributed by atoms with Crippen molar-refractivity contribution < 1.29 is 4.42 Å². The van der Waals surface area contributed by atoms with E-state index in [1.807, 2.05) is 6.07 Å². The van der Waals surface area contributed by atoms with Crippen LogP contribution in [0.2, 0.25) is 12.6 Å². The molecule has 26 heavy (non-hydrogen) atoms. The van der Waals surface area contributed by atoms with Crippen molar-refractivity contribution in [3.8, 4) is 0 Å². The topological polar surface area (TPSA) is 13.1 Å². The van der Waals surface area contributed by atoms with Crippen molar-refractivity contribution in [1.29, 1.82) is 0 Å². The average Bonchev–Trinajstić information content (AvgIpc) is 3.08. The highest BCUT2D eigenvalue weighted by Gasteiger charge is 2.47. The number of fused-ring (bicyclic) bond motifs is 5. The van der Waals surface area contributed by atoms with Crippen LogP contribution in [0, 0.1) is 10.8 Å². The van der Waals surface area contributed by atoms with Crippen LogP contribution < -0.4 is 5.46 Å². The summed E-state index contributed by atoms with van der Waals surface area (Å²) in [5.74, 6) is 0. The number of para-hydroxylation sites is 1. The Morgan fingerprint density at radius 1 is 0.769 bits per heavy atom. The molecule has 0 radical (unpaired) electrons. The van der Waals surface area contributed by atoms with Crippen LogP contribution in [0.3, 0.4) is 0 Å². The fraction of sp³-hybridized carbons (Fsp3) is 0.333. The van der Waals surface area contributed by atoms with Crippen LogP contribution in [-0.4, -0.2) is 6.71 Å². The van der Waals surface area contributed by atoms with Crippen LogP contribution in [0.1, 0.15) is 27.7 Å². The molecule has 3 aromatic carbocycles. The van der Waals surface area contributed by atoms with Crippen molar-refractivity contribution in [2.24, 2.45) is 10.8 Å². The number of furan rings is 1. The molecule has 1 aromatic heterocycles. The molecule has 4 aromatic rings. The van der Waals surface area contributed by atoms with Crippen molar-refractivity contribution in [1.82, 2.24) is 0 Å².